The third-order valence-corrected chi connectivity index (χ3v) is 3.16. The highest BCUT2D eigenvalue weighted by atomic mass is 16.6. The average molecular weight is 339 g/mol. The first-order valence-corrected chi connectivity index (χ1v) is 7.66. The summed E-state index contributed by atoms with van der Waals surface area (Å²) in [6, 6.07) is 6.34. The van der Waals surface area contributed by atoms with Gasteiger partial charge in [-0.3, -0.25) is 0 Å². The molecule has 1 aromatic carbocycles. The molecule has 0 spiro atoms. The van der Waals surface area contributed by atoms with E-state index in [1.165, 1.54) is 13.2 Å². The molecule has 7 heteroatoms. The van der Waals surface area contributed by atoms with Crippen molar-refractivity contribution in [2.45, 2.75) is 45.0 Å². The number of alkyl carbamates (subject to hydrolysis) is 1. The van der Waals surface area contributed by atoms with Crippen LogP contribution in [0.15, 0.2) is 24.3 Å². The molecule has 0 radical (unpaired) electrons. The molecule has 7 nitrogen and oxygen atoms in total. The van der Waals surface area contributed by atoms with Gasteiger partial charge in [-0.15, -0.1) is 0 Å². The van der Waals surface area contributed by atoms with Crippen molar-refractivity contribution in [3.05, 3.63) is 35.4 Å². The van der Waals surface area contributed by atoms with Gasteiger partial charge in [0.05, 0.1) is 18.8 Å². The molecule has 1 amide bonds. The third-order valence-electron chi connectivity index (χ3n) is 3.16. The molecule has 0 aliphatic rings. The van der Waals surface area contributed by atoms with Crippen LogP contribution in [0.2, 0.25) is 0 Å². The van der Waals surface area contributed by atoms with E-state index >= 15 is 0 Å². The lowest BCUT2D eigenvalue weighted by Gasteiger charge is -2.22. The largest absolute Gasteiger partial charge is 0.465 e. The van der Waals surface area contributed by atoms with Crippen LogP contribution in [0.25, 0.3) is 0 Å². The highest BCUT2D eigenvalue weighted by molar-refractivity contribution is 5.91. The van der Waals surface area contributed by atoms with Gasteiger partial charge in [0.25, 0.3) is 0 Å². The highest BCUT2D eigenvalue weighted by Gasteiger charge is 2.24. The number of hydrogen-bond donors (Lipinski definition) is 3. The van der Waals surface area contributed by atoms with E-state index in [2.05, 4.69) is 10.1 Å². The van der Waals surface area contributed by atoms with E-state index < -0.39 is 29.9 Å². The van der Waals surface area contributed by atoms with E-state index in [1.54, 1.807) is 39.0 Å². The van der Waals surface area contributed by atoms with Gasteiger partial charge in [-0.2, -0.15) is 0 Å². The SMILES string of the molecule is COC(=O)c1ccccc1C(O)C(O)CCNC(=O)OC(C)(C)C. The van der Waals surface area contributed by atoms with Gasteiger partial charge in [0, 0.05) is 6.54 Å². The van der Waals surface area contributed by atoms with Gasteiger partial charge in [-0.05, 0) is 38.8 Å². The summed E-state index contributed by atoms with van der Waals surface area (Å²) in [7, 11) is 1.24. The molecule has 0 saturated carbocycles. The molecule has 1 aromatic rings. The minimum atomic E-state index is -1.28. The summed E-state index contributed by atoms with van der Waals surface area (Å²) < 4.78 is 9.74. The Balaban J connectivity index is 2.61. The Morgan fingerprint density at radius 3 is 2.42 bits per heavy atom. The van der Waals surface area contributed by atoms with Gasteiger partial charge in [-0.25, -0.2) is 9.59 Å². The highest BCUT2D eigenvalue weighted by Crippen LogP contribution is 2.23. The number of aliphatic hydroxyl groups is 2. The Morgan fingerprint density at radius 2 is 1.83 bits per heavy atom. The van der Waals surface area contributed by atoms with E-state index in [9.17, 15) is 19.8 Å². The van der Waals surface area contributed by atoms with Gasteiger partial charge >= 0.3 is 12.1 Å². The monoisotopic (exact) mass is 339 g/mol. The van der Waals surface area contributed by atoms with Crippen LogP contribution in [0.1, 0.15) is 49.2 Å². The summed E-state index contributed by atoms with van der Waals surface area (Å²) in [4.78, 5) is 23.2. The molecule has 1 rings (SSSR count). The topological polar surface area (TPSA) is 105 Å². The summed E-state index contributed by atoms with van der Waals surface area (Å²) in [6.45, 7) is 5.35. The number of amides is 1. The summed E-state index contributed by atoms with van der Waals surface area (Å²) in [6.07, 6.45) is -2.94. The maximum Gasteiger partial charge on any atom is 0.407 e. The lowest BCUT2D eigenvalue weighted by molar-refractivity contribution is 0.0113. The number of hydrogen-bond acceptors (Lipinski definition) is 6. The van der Waals surface area contributed by atoms with E-state index in [4.69, 9.17) is 4.74 Å². The Morgan fingerprint density at radius 1 is 1.21 bits per heavy atom. The molecule has 24 heavy (non-hydrogen) atoms. The van der Waals surface area contributed by atoms with E-state index in [1.807, 2.05) is 0 Å². The van der Waals surface area contributed by atoms with Crippen LogP contribution in [-0.4, -0.2) is 47.6 Å². The number of ether oxygens (including phenoxy) is 2. The second-order valence-corrected chi connectivity index (χ2v) is 6.31. The van der Waals surface area contributed by atoms with Gasteiger partial charge in [0.1, 0.15) is 11.7 Å². The molecule has 0 bridgehead atoms. The molecular weight excluding hydrogens is 314 g/mol. The van der Waals surface area contributed by atoms with Crippen molar-refractivity contribution in [3.8, 4) is 0 Å². The number of benzene rings is 1. The maximum absolute atomic E-state index is 11.7. The summed E-state index contributed by atoms with van der Waals surface area (Å²) in [5.74, 6) is -0.594. The van der Waals surface area contributed by atoms with Crippen molar-refractivity contribution in [1.29, 1.82) is 0 Å². The zero-order chi connectivity index (χ0) is 18.3. The number of nitrogens with one attached hydrogen (secondary N) is 1. The van der Waals surface area contributed by atoms with Crippen LogP contribution in [-0.2, 0) is 9.47 Å². The predicted molar refractivity (Wildman–Crippen MR) is 87.6 cm³/mol. The molecule has 0 heterocycles. The zero-order valence-electron chi connectivity index (χ0n) is 14.4. The van der Waals surface area contributed by atoms with Gasteiger partial charge in [0.2, 0.25) is 0 Å². The summed E-state index contributed by atoms with van der Waals surface area (Å²) in [5, 5.41) is 22.9. The molecular formula is C17H25NO6. The van der Waals surface area contributed by atoms with Crippen LogP contribution < -0.4 is 5.32 Å². The number of rotatable bonds is 6. The number of aliphatic hydroxyl groups excluding tert-OH is 2. The summed E-state index contributed by atoms with van der Waals surface area (Å²) >= 11 is 0. The Bertz CT molecular complexity index is 566. The lowest BCUT2D eigenvalue weighted by atomic mass is 9.97. The second-order valence-electron chi connectivity index (χ2n) is 6.31. The standard InChI is InChI=1S/C17H25NO6/c1-17(2,3)24-16(22)18-10-9-13(19)14(20)11-7-5-6-8-12(11)15(21)23-4/h5-8,13-14,19-20H,9-10H2,1-4H3,(H,18,22). The van der Waals surface area contributed by atoms with Crippen LogP contribution in [0.3, 0.4) is 0 Å². The molecule has 3 N–H and O–H groups in total. The number of carbonyl (C=O) groups excluding carboxylic acids is 2. The molecule has 0 aromatic heterocycles. The smallest absolute Gasteiger partial charge is 0.407 e. The zero-order valence-corrected chi connectivity index (χ0v) is 14.4. The second kappa shape index (κ2) is 8.65. The molecule has 0 fully saturated rings. The van der Waals surface area contributed by atoms with Gasteiger partial charge in [0.15, 0.2) is 0 Å². The number of esters is 1. The molecule has 2 unspecified atom stereocenters. The Kier molecular flexibility index (Phi) is 7.18. The third kappa shape index (κ3) is 6.17. The first kappa shape index (κ1) is 19.9. The van der Waals surface area contributed by atoms with Crippen molar-refractivity contribution in [2.24, 2.45) is 0 Å². The van der Waals surface area contributed by atoms with E-state index in [-0.39, 0.29) is 24.1 Å². The minimum absolute atomic E-state index is 0.0932. The summed E-state index contributed by atoms with van der Waals surface area (Å²) in [5.41, 5.74) is -0.150. The van der Waals surface area contributed by atoms with Crippen LogP contribution in [0, 0.1) is 0 Å². The molecule has 0 saturated heterocycles. The quantitative estimate of drug-likeness (QED) is 0.682. The average Bonchev–Trinajstić information content (AvgIpc) is 2.51. The van der Waals surface area contributed by atoms with Crippen LogP contribution in [0.5, 0.6) is 0 Å². The van der Waals surface area contributed by atoms with Crippen molar-refractivity contribution < 1.29 is 29.3 Å². The van der Waals surface area contributed by atoms with Gasteiger partial charge < -0.3 is 25.0 Å². The lowest BCUT2D eigenvalue weighted by Crippen LogP contribution is -2.34. The first-order chi connectivity index (χ1) is 11.2. The van der Waals surface area contributed by atoms with Crippen LogP contribution >= 0.6 is 0 Å². The van der Waals surface area contributed by atoms with Crippen molar-refractivity contribution >= 4 is 12.1 Å². The van der Waals surface area contributed by atoms with Crippen molar-refractivity contribution in [2.75, 3.05) is 13.7 Å². The fraction of sp³-hybridized carbons (Fsp3) is 0.529. The number of carbonyl (C=O) groups is 2. The predicted octanol–water partition coefficient (Wildman–Crippen LogP) is 1.78. The fourth-order valence-electron chi connectivity index (χ4n) is 2.05. The van der Waals surface area contributed by atoms with E-state index in [0.29, 0.717) is 0 Å². The first-order valence-electron chi connectivity index (χ1n) is 7.66. The van der Waals surface area contributed by atoms with Crippen LogP contribution in [0.4, 0.5) is 4.79 Å². The number of methoxy groups -OCH3 is 1. The minimum Gasteiger partial charge on any atom is -0.465 e. The normalized spacial score (nSPS) is 13.8. The molecule has 0 aliphatic carbocycles. The van der Waals surface area contributed by atoms with Crippen molar-refractivity contribution in [1.82, 2.24) is 5.32 Å². The Labute approximate surface area is 141 Å². The maximum atomic E-state index is 11.7. The molecule has 2 atom stereocenters. The Hall–Kier alpha value is -2.12. The van der Waals surface area contributed by atoms with Crippen molar-refractivity contribution in [3.63, 3.8) is 0 Å². The van der Waals surface area contributed by atoms with Gasteiger partial charge in [-0.1, -0.05) is 18.2 Å². The fourth-order valence-corrected chi connectivity index (χ4v) is 2.05. The van der Waals surface area contributed by atoms with E-state index in [0.717, 1.165) is 0 Å². The molecule has 134 valence electrons. The molecule has 0 aliphatic heterocycles.